The van der Waals surface area contributed by atoms with Gasteiger partial charge in [0.25, 0.3) is 0 Å². The second-order valence-corrected chi connectivity index (χ2v) is 5.65. The molecule has 1 aliphatic carbocycles. The number of aliphatic hydroxyl groups is 1. The third-order valence-corrected chi connectivity index (χ3v) is 3.83. The van der Waals surface area contributed by atoms with Crippen molar-refractivity contribution < 1.29 is 14.7 Å². The van der Waals surface area contributed by atoms with Crippen LogP contribution < -0.4 is 5.32 Å². The van der Waals surface area contributed by atoms with Gasteiger partial charge in [0.05, 0.1) is 12.0 Å². The minimum absolute atomic E-state index is 0.0352. The summed E-state index contributed by atoms with van der Waals surface area (Å²) in [4.78, 5) is 23.3. The van der Waals surface area contributed by atoms with E-state index in [0.29, 0.717) is 24.1 Å². The van der Waals surface area contributed by atoms with Crippen molar-refractivity contribution >= 4 is 17.4 Å². The summed E-state index contributed by atoms with van der Waals surface area (Å²) in [5.74, 6) is -0.234. The second kappa shape index (κ2) is 6.18. The monoisotopic (exact) mass is 275 g/mol. The van der Waals surface area contributed by atoms with Crippen LogP contribution in [-0.2, 0) is 4.79 Å². The number of Topliss-reactive ketones (excluding diaryl/α,β-unsaturated/α-hetero) is 1. The largest absolute Gasteiger partial charge is 0.389 e. The van der Waals surface area contributed by atoms with Crippen LogP contribution in [0.25, 0.3) is 0 Å². The zero-order chi connectivity index (χ0) is 14.6. The van der Waals surface area contributed by atoms with Crippen molar-refractivity contribution in [2.75, 3.05) is 5.32 Å². The molecule has 1 aliphatic rings. The van der Waals surface area contributed by atoms with Crippen LogP contribution in [0.3, 0.4) is 0 Å². The first-order valence-corrected chi connectivity index (χ1v) is 7.12. The summed E-state index contributed by atoms with van der Waals surface area (Å²) < 4.78 is 0. The molecule has 0 unspecified atom stereocenters. The molecular formula is C16H21NO3. The quantitative estimate of drug-likeness (QED) is 0.830. The Hall–Kier alpha value is -1.68. The van der Waals surface area contributed by atoms with Gasteiger partial charge < -0.3 is 10.4 Å². The summed E-state index contributed by atoms with van der Waals surface area (Å²) in [7, 11) is 0. The predicted molar refractivity (Wildman–Crippen MR) is 77.7 cm³/mol. The summed E-state index contributed by atoms with van der Waals surface area (Å²) in [6.07, 6.45) is 4.58. The van der Waals surface area contributed by atoms with Crippen molar-refractivity contribution in [3.05, 3.63) is 29.8 Å². The number of ketones is 1. The van der Waals surface area contributed by atoms with Crippen molar-refractivity contribution in [2.45, 2.75) is 51.0 Å². The number of hydrogen-bond acceptors (Lipinski definition) is 3. The van der Waals surface area contributed by atoms with Crippen molar-refractivity contribution in [2.24, 2.45) is 0 Å². The van der Waals surface area contributed by atoms with Gasteiger partial charge in [0.15, 0.2) is 5.78 Å². The van der Waals surface area contributed by atoms with E-state index in [2.05, 4.69) is 5.32 Å². The molecule has 0 bridgehead atoms. The van der Waals surface area contributed by atoms with Crippen LogP contribution in [0.4, 0.5) is 5.69 Å². The highest BCUT2D eigenvalue weighted by Crippen LogP contribution is 2.31. The Kier molecular flexibility index (Phi) is 4.55. The molecule has 1 aromatic carbocycles. The highest BCUT2D eigenvalue weighted by Gasteiger charge is 2.31. The van der Waals surface area contributed by atoms with Gasteiger partial charge in [-0.3, -0.25) is 9.59 Å². The number of carbonyl (C=O) groups is 2. The first-order chi connectivity index (χ1) is 9.48. The number of anilines is 1. The summed E-state index contributed by atoms with van der Waals surface area (Å²) >= 11 is 0. The van der Waals surface area contributed by atoms with Crippen LogP contribution in [-0.4, -0.2) is 22.4 Å². The van der Waals surface area contributed by atoms with Gasteiger partial charge in [0, 0.05) is 11.3 Å². The normalized spacial score (nSPS) is 17.5. The summed E-state index contributed by atoms with van der Waals surface area (Å²) in [6.45, 7) is 1.49. The maximum atomic E-state index is 12.0. The molecule has 2 rings (SSSR count). The minimum Gasteiger partial charge on any atom is -0.389 e. The molecule has 0 radical (unpaired) electrons. The molecule has 1 aromatic rings. The topological polar surface area (TPSA) is 66.4 Å². The Morgan fingerprint density at radius 2 is 1.95 bits per heavy atom. The van der Waals surface area contributed by atoms with Gasteiger partial charge in [0.1, 0.15) is 0 Å². The van der Waals surface area contributed by atoms with Gasteiger partial charge in [-0.25, -0.2) is 0 Å². The highest BCUT2D eigenvalue weighted by molar-refractivity contribution is 5.97. The van der Waals surface area contributed by atoms with E-state index in [4.69, 9.17) is 0 Å². The molecular weight excluding hydrogens is 254 g/mol. The van der Waals surface area contributed by atoms with Gasteiger partial charge in [0.2, 0.25) is 5.91 Å². The van der Waals surface area contributed by atoms with E-state index >= 15 is 0 Å². The molecule has 1 saturated carbocycles. The standard InChI is InChI=1S/C16H21NO3/c1-12(18)13-6-5-7-14(10-13)17-15(19)11-16(20)8-3-2-4-9-16/h5-7,10,20H,2-4,8-9,11H2,1H3,(H,17,19). The van der Waals surface area contributed by atoms with Crippen molar-refractivity contribution in [1.29, 1.82) is 0 Å². The van der Waals surface area contributed by atoms with Gasteiger partial charge in [-0.2, -0.15) is 0 Å². The Balaban J connectivity index is 1.97. The lowest BCUT2D eigenvalue weighted by Gasteiger charge is -2.31. The molecule has 4 nitrogen and oxygen atoms in total. The fourth-order valence-electron chi connectivity index (χ4n) is 2.71. The predicted octanol–water partition coefficient (Wildman–Crippen LogP) is 2.91. The summed E-state index contributed by atoms with van der Waals surface area (Å²) in [5.41, 5.74) is 0.307. The van der Waals surface area contributed by atoms with Gasteiger partial charge >= 0.3 is 0 Å². The van der Waals surface area contributed by atoms with Crippen LogP contribution >= 0.6 is 0 Å². The van der Waals surface area contributed by atoms with Crippen LogP contribution in [0.5, 0.6) is 0 Å². The molecule has 1 fully saturated rings. The second-order valence-electron chi connectivity index (χ2n) is 5.65. The zero-order valence-electron chi connectivity index (χ0n) is 11.8. The maximum Gasteiger partial charge on any atom is 0.227 e. The number of nitrogens with one attached hydrogen (secondary N) is 1. The smallest absolute Gasteiger partial charge is 0.227 e. The number of hydrogen-bond donors (Lipinski definition) is 2. The SMILES string of the molecule is CC(=O)c1cccc(NC(=O)CC2(O)CCCCC2)c1. The minimum atomic E-state index is -0.861. The van der Waals surface area contributed by atoms with E-state index in [1.54, 1.807) is 24.3 Å². The first kappa shape index (κ1) is 14.7. The number of rotatable bonds is 4. The molecule has 0 aromatic heterocycles. The highest BCUT2D eigenvalue weighted by atomic mass is 16.3. The van der Waals surface area contributed by atoms with Crippen molar-refractivity contribution in [3.63, 3.8) is 0 Å². The first-order valence-electron chi connectivity index (χ1n) is 7.12. The molecule has 108 valence electrons. The number of amides is 1. The van der Waals surface area contributed by atoms with Crippen molar-refractivity contribution in [3.8, 4) is 0 Å². The van der Waals surface area contributed by atoms with Crippen LogP contribution in [0.1, 0.15) is 55.8 Å². The van der Waals surface area contributed by atoms with Crippen molar-refractivity contribution in [1.82, 2.24) is 0 Å². The fourth-order valence-corrected chi connectivity index (χ4v) is 2.71. The Morgan fingerprint density at radius 3 is 2.60 bits per heavy atom. The third-order valence-electron chi connectivity index (χ3n) is 3.83. The van der Waals surface area contributed by atoms with E-state index in [0.717, 1.165) is 19.3 Å². The van der Waals surface area contributed by atoms with Gasteiger partial charge in [-0.05, 0) is 31.9 Å². The lowest BCUT2D eigenvalue weighted by atomic mass is 9.82. The van der Waals surface area contributed by atoms with E-state index < -0.39 is 5.60 Å². The van der Waals surface area contributed by atoms with E-state index in [1.165, 1.54) is 6.92 Å². The molecule has 20 heavy (non-hydrogen) atoms. The summed E-state index contributed by atoms with van der Waals surface area (Å²) in [5, 5.41) is 13.1. The molecule has 0 saturated heterocycles. The van der Waals surface area contributed by atoms with E-state index in [-0.39, 0.29) is 18.1 Å². The van der Waals surface area contributed by atoms with Crippen LogP contribution in [0.2, 0.25) is 0 Å². The van der Waals surface area contributed by atoms with Crippen LogP contribution in [0, 0.1) is 0 Å². The average Bonchev–Trinajstić information content (AvgIpc) is 2.39. The average molecular weight is 275 g/mol. The summed E-state index contributed by atoms with van der Waals surface area (Å²) in [6, 6.07) is 6.86. The Labute approximate surface area is 119 Å². The Bertz CT molecular complexity index is 504. The lowest BCUT2D eigenvalue weighted by Crippen LogP contribution is -2.35. The molecule has 1 amide bonds. The molecule has 0 atom stereocenters. The molecule has 0 spiro atoms. The fraction of sp³-hybridized carbons (Fsp3) is 0.500. The number of benzene rings is 1. The lowest BCUT2D eigenvalue weighted by molar-refractivity contribution is -0.122. The Morgan fingerprint density at radius 1 is 1.25 bits per heavy atom. The number of carbonyl (C=O) groups excluding carboxylic acids is 2. The zero-order valence-corrected chi connectivity index (χ0v) is 11.8. The van der Waals surface area contributed by atoms with Gasteiger partial charge in [-0.1, -0.05) is 31.4 Å². The van der Waals surface area contributed by atoms with Gasteiger partial charge in [-0.15, -0.1) is 0 Å². The van der Waals surface area contributed by atoms with E-state index in [1.807, 2.05) is 0 Å². The molecule has 0 aliphatic heterocycles. The molecule has 0 heterocycles. The third kappa shape index (κ3) is 3.90. The van der Waals surface area contributed by atoms with E-state index in [9.17, 15) is 14.7 Å². The maximum absolute atomic E-state index is 12.0. The molecule has 4 heteroatoms. The van der Waals surface area contributed by atoms with Crippen LogP contribution in [0.15, 0.2) is 24.3 Å². The molecule has 2 N–H and O–H groups in total.